The maximum Gasteiger partial charge on any atom is 0.225 e. The van der Waals surface area contributed by atoms with Crippen molar-refractivity contribution < 1.29 is 9.21 Å². The number of fused-ring (bicyclic) bond motifs is 3. The second-order valence-electron chi connectivity index (χ2n) is 8.28. The van der Waals surface area contributed by atoms with E-state index in [2.05, 4.69) is 70.6 Å². The standard InChI is InChI=1S/C25H27N3O2/c1-18-8-10-20(11-9-18)27-12-13-28-23-7-3-2-5-19(23)15-22(24(28)17-27)25(29)26-16-21-6-4-14-30-21/h2-11,14,22,24H,12-13,15-17H2,1H3,(H,26,29)/t22-,24+/m0/s1. The molecule has 0 saturated carbocycles. The monoisotopic (exact) mass is 401 g/mol. The highest BCUT2D eigenvalue weighted by Crippen LogP contribution is 2.37. The first-order valence-electron chi connectivity index (χ1n) is 10.7. The van der Waals surface area contributed by atoms with Crippen LogP contribution in [0.15, 0.2) is 71.3 Å². The Morgan fingerprint density at radius 1 is 1.07 bits per heavy atom. The van der Waals surface area contributed by atoms with Crippen molar-refractivity contribution in [2.45, 2.75) is 25.9 Å². The zero-order valence-corrected chi connectivity index (χ0v) is 17.3. The molecule has 0 radical (unpaired) electrons. The van der Waals surface area contributed by atoms with Gasteiger partial charge >= 0.3 is 0 Å². The van der Waals surface area contributed by atoms with Gasteiger partial charge in [0.15, 0.2) is 0 Å². The largest absolute Gasteiger partial charge is 0.467 e. The molecule has 30 heavy (non-hydrogen) atoms. The molecule has 0 bridgehead atoms. The first-order chi connectivity index (χ1) is 14.7. The van der Waals surface area contributed by atoms with Crippen molar-refractivity contribution in [2.24, 2.45) is 5.92 Å². The number of carbonyl (C=O) groups excluding carboxylic acids is 1. The van der Waals surface area contributed by atoms with Crippen LogP contribution in [-0.2, 0) is 17.8 Å². The summed E-state index contributed by atoms with van der Waals surface area (Å²) in [5.41, 5.74) is 5.03. The van der Waals surface area contributed by atoms with Crippen molar-refractivity contribution in [1.82, 2.24) is 5.32 Å². The molecule has 2 atom stereocenters. The predicted molar refractivity (Wildman–Crippen MR) is 119 cm³/mol. The summed E-state index contributed by atoms with van der Waals surface area (Å²) in [5, 5.41) is 3.10. The molecule has 1 aromatic heterocycles. The lowest BCUT2D eigenvalue weighted by molar-refractivity contribution is -0.126. The zero-order valence-electron chi connectivity index (χ0n) is 17.3. The van der Waals surface area contributed by atoms with E-state index in [4.69, 9.17) is 4.42 Å². The molecule has 3 aromatic rings. The van der Waals surface area contributed by atoms with Gasteiger partial charge in [0.25, 0.3) is 0 Å². The molecule has 1 saturated heterocycles. The predicted octanol–water partition coefficient (Wildman–Crippen LogP) is 3.77. The third kappa shape index (κ3) is 3.56. The van der Waals surface area contributed by atoms with Gasteiger partial charge in [0.1, 0.15) is 5.76 Å². The van der Waals surface area contributed by atoms with Gasteiger partial charge in [-0.3, -0.25) is 4.79 Å². The van der Waals surface area contributed by atoms with Crippen molar-refractivity contribution in [2.75, 3.05) is 29.4 Å². The number of piperazine rings is 1. The molecular formula is C25H27N3O2. The van der Waals surface area contributed by atoms with Gasteiger partial charge < -0.3 is 19.5 Å². The third-order valence-corrected chi connectivity index (χ3v) is 6.38. The minimum atomic E-state index is -0.0943. The fourth-order valence-electron chi connectivity index (χ4n) is 4.77. The van der Waals surface area contributed by atoms with Crippen molar-refractivity contribution in [3.05, 3.63) is 83.8 Å². The smallest absolute Gasteiger partial charge is 0.225 e. The van der Waals surface area contributed by atoms with E-state index >= 15 is 0 Å². The molecule has 3 heterocycles. The first-order valence-corrected chi connectivity index (χ1v) is 10.7. The van der Waals surface area contributed by atoms with Crippen LogP contribution >= 0.6 is 0 Å². The minimum Gasteiger partial charge on any atom is -0.467 e. The van der Waals surface area contributed by atoms with Crippen molar-refractivity contribution in [1.29, 1.82) is 0 Å². The van der Waals surface area contributed by atoms with E-state index in [0.717, 1.165) is 31.8 Å². The number of furan rings is 1. The van der Waals surface area contributed by atoms with E-state index in [-0.39, 0.29) is 17.9 Å². The van der Waals surface area contributed by atoms with E-state index in [1.165, 1.54) is 22.5 Å². The molecule has 1 amide bonds. The lowest BCUT2D eigenvalue weighted by atomic mass is 9.83. The maximum absolute atomic E-state index is 13.2. The Hall–Kier alpha value is -3.21. The summed E-state index contributed by atoms with van der Waals surface area (Å²) in [4.78, 5) is 18.1. The fourth-order valence-corrected chi connectivity index (χ4v) is 4.77. The molecular weight excluding hydrogens is 374 g/mol. The number of carbonyl (C=O) groups is 1. The van der Waals surface area contributed by atoms with Gasteiger partial charge in [0.05, 0.1) is 24.8 Å². The molecule has 0 spiro atoms. The third-order valence-electron chi connectivity index (χ3n) is 6.38. The van der Waals surface area contributed by atoms with E-state index in [0.29, 0.717) is 6.54 Å². The van der Waals surface area contributed by atoms with Gasteiger partial charge in [-0.05, 0) is 49.2 Å². The number of amides is 1. The van der Waals surface area contributed by atoms with Crippen molar-refractivity contribution >= 4 is 17.3 Å². The van der Waals surface area contributed by atoms with Crippen LogP contribution < -0.4 is 15.1 Å². The van der Waals surface area contributed by atoms with E-state index in [1.807, 2.05) is 12.1 Å². The molecule has 1 N–H and O–H groups in total. The average molecular weight is 402 g/mol. The number of aryl methyl sites for hydroxylation is 1. The van der Waals surface area contributed by atoms with Crippen LogP contribution in [0.3, 0.4) is 0 Å². The molecule has 0 aliphatic carbocycles. The summed E-state index contributed by atoms with van der Waals surface area (Å²) < 4.78 is 5.39. The molecule has 5 nitrogen and oxygen atoms in total. The Morgan fingerprint density at radius 2 is 1.90 bits per heavy atom. The Balaban J connectivity index is 1.40. The summed E-state index contributed by atoms with van der Waals surface area (Å²) in [6, 6.07) is 21.1. The Labute approximate surface area is 177 Å². The Kier molecular flexibility index (Phi) is 4.95. The summed E-state index contributed by atoms with van der Waals surface area (Å²) in [5.74, 6) is 0.783. The Bertz CT molecular complexity index is 1010. The summed E-state index contributed by atoms with van der Waals surface area (Å²) in [7, 11) is 0. The van der Waals surface area contributed by atoms with Crippen LogP contribution in [0.2, 0.25) is 0 Å². The van der Waals surface area contributed by atoms with Gasteiger partial charge in [0, 0.05) is 31.0 Å². The van der Waals surface area contributed by atoms with E-state index in [1.54, 1.807) is 6.26 Å². The highest BCUT2D eigenvalue weighted by molar-refractivity contribution is 5.82. The van der Waals surface area contributed by atoms with Crippen LogP contribution in [0.1, 0.15) is 16.9 Å². The van der Waals surface area contributed by atoms with Gasteiger partial charge in [-0.1, -0.05) is 35.9 Å². The molecule has 154 valence electrons. The molecule has 0 unspecified atom stereocenters. The zero-order chi connectivity index (χ0) is 20.5. The van der Waals surface area contributed by atoms with Crippen LogP contribution in [0, 0.1) is 12.8 Å². The molecule has 2 aliphatic heterocycles. The van der Waals surface area contributed by atoms with Crippen LogP contribution in [0.25, 0.3) is 0 Å². The topological polar surface area (TPSA) is 48.7 Å². The van der Waals surface area contributed by atoms with Gasteiger partial charge in [-0.15, -0.1) is 0 Å². The number of hydrogen-bond donors (Lipinski definition) is 1. The number of para-hydroxylation sites is 1. The van der Waals surface area contributed by atoms with Crippen molar-refractivity contribution in [3.63, 3.8) is 0 Å². The number of nitrogens with zero attached hydrogens (tertiary/aromatic N) is 2. The summed E-state index contributed by atoms with van der Waals surface area (Å²) in [6.07, 6.45) is 2.41. The Morgan fingerprint density at radius 3 is 2.70 bits per heavy atom. The maximum atomic E-state index is 13.2. The molecule has 2 aromatic carbocycles. The number of anilines is 2. The normalized spacial score (nSPS) is 20.4. The first kappa shape index (κ1) is 18.8. The quantitative estimate of drug-likeness (QED) is 0.723. The number of benzene rings is 2. The number of nitrogens with one attached hydrogen (secondary N) is 1. The molecule has 5 rings (SSSR count). The van der Waals surface area contributed by atoms with E-state index in [9.17, 15) is 4.79 Å². The second-order valence-corrected chi connectivity index (χ2v) is 8.28. The van der Waals surface area contributed by atoms with Crippen LogP contribution in [-0.4, -0.2) is 31.6 Å². The fraction of sp³-hybridized carbons (Fsp3) is 0.320. The van der Waals surface area contributed by atoms with Gasteiger partial charge in [-0.25, -0.2) is 0 Å². The number of hydrogen-bond acceptors (Lipinski definition) is 4. The lowest BCUT2D eigenvalue weighted by Crippen LogP contribution is -2.61. The highest BCUT2D eigenvalue weighted by atomic mass is 16.3. The lowest BCUT2D eigenvalue weighted by Gasteiger charge is -2.49. The average Bonchev–Trinajstić information content (AvgIpc) is 3.31. The van der Waals surface area contributed by atoms with Gasteiger partial charge in [0.2, 0.25) is 5.91 Å². The van der Waals surface area contributed by atoms with Crippen molar-refractivity contribution in [3.8, 4) is 0 Å². The van der Waals surface area contributed by atoms with Crippen LogP contribution in [0.4, 0.5) is 11.4 Å². The highest BCUT2D eigenvalue weighted by Gasteiger charge is 2.41. The van der Waals surface area contributed by atoms with Crippen LogP contribution in [0.5, 0.6) is 0 Å². The number of rotatable bonds is 4. The summed E-state index contributed by atoms with van der Waals surface area (Å²) in [6.45, 7) is 5.25. The second kappa shape index (κ2) is 7.90. The molecule has 5 heteroatoms. The minimum absolute atomic E-state index is 0.0943. The van der Waals surface area contributed by atoms with E-state index < -0.39 is 0 Å². The summed E-state index contributed by atoms with van der Waals surface area (Å²) >= 11 is 0. The SMILES string of the molecule is Cc1ccc(N2CCN3c4ccccc4C[C@H](C(=O)NCc4ccco4)[C@H]3C2)cc1. The molecule has 2 aliphatic rings. The van der Waals surface area contributed by atoms with Gasteiger partial charge in [-0.2, -0.15) is 0 Å². The molecule has 1 fully saturated rings.